The number of nitrogens with two attached hydrogens (primary N) is 1. The van der Waals surface area contributed by atoms with E-state index in [0.29, 0.717) is 12.0 Å². The summed E-state index contributed by atoms with van der Waals surface area (Å²) >= 11 is 0. The minimum absolute atomic E-state index is 0.0295. The van der Waals surface area contributed by atoms with E-state index in [1.165, 1.54) is 0 Å². The van der Waals surface area contributed by atoms with Gasteiger partial charge < -0.3 is 15.8 Å². The molecule has 0 aromatic carbocycles. The lowest BCUT2D eigenvalue weighted by atomic mass is 9.79. The van der Waals surface area contributed by atoms with Crippen molar-refractivity contribution in [3.8, 4) is 0 Å². The van der Waals surface area contributed by atoms with Crippen LogP contribution in [-0.2, 0) is 9.53 Å². The van der Waals surface area contributed by atoms with Gasteiger partial charge in [-0.3, -0.25) is 4.79 Å². The van der Waals surface area contributed by atoms with Crippen molar-refractivity contribution in [1.29, 1.82) is 0 Å². The molecule has 0 aromatic heterocycles. The Bertz CT molecular complexity index is 227. The molecule has 0 aliphatic carbocycles. The average Bonchev–Trinajstić information content (AvgIpc) is 2.30. The average molecular weight is 212 g/mol. The zero-order valence-electron chi connectivity index (χ0n) is 9.08. The van der Waals surface area contributed by atoms with Gasteiger partial charge in [0.15, 0.2) is 0 Å². The Balaban J connectivity index is 1.99. The van der Waals surface area contributed by atoms with E-state index in [1.54, 1.807) is 0 Å². The Morgan fingerprint density at radius 2 is 2.00 bits per heavy atom. The summed E-state index contributed by atoms with van der Waals surface area (Å²) in [6, 6.07) is 0.292. The quantitative estimate of drug-likeness (QED) is 0.690. The summed E-state index contributed by atoms with van der Waals surface area (Å²) in [7, 11) is 0. The molecule has 2 rings (SSSR count). The fourth-order valence-electron chi connectivity index (χ4n) is 2.80. The number of amides is 1. The number of primary amides is 1. The molecule has 1 amide bonds. The monoisotopic (exact) mass is 212 g/mol. The van der Waals surface area contributed by atoms with Crippen molar-refractivity contribution in [1.82, 2.24) is 5.32 Å². The first kappa shape index (κ1) is 10.9. The molecule has 0 aromatic rings. The Morgan fingerprint density at radius 1 is 1.27 bits per heavy atom. The van der Waals surface area contributed by atoms with Gasteiger partial charge in [0, 0.05) is 19.3 Å². The molecule has 2 heterocycles. The van der Waals surface area contributed by atoms with Gasteiger partial charge in [-0.25, -0.2) is 0 Å². The summed E-state index contributed by atoms with van der Waals surface area (Å²) in [6.07, 6.45) is 4.13. The molecule has 2 atom stereocenters. The van der Waals surface area contributed by atoms with Gasteiger partial charge in [0.05, 0.1) is 5.92 Å². The van der Waals surface area contributed by atoms with Crippen LogP contribution in [0.15, 0.2) is 0 Å². The first-order chi connectivity index (χ1) is 7.29. The van der Waals surface area contributed by atoms with Crippen LogP contribution >= 0.6 is 0 Å². The summed E-state index contributed by atoms with van der Waals surface area (Å²) < 4.78 is 5.34. The molecule has 3 N–H and O–H groups in total. The fourth-order valence-corrected chi connectivity index (χ4v) is 2.80. The van der Waals surface area contributed by atoms with Gasteiger partial charge in [-0.1, -0.05) is 0 Å². The van der Waals surface area contributed by atoms with Crippen LogP contribution in [-0.4, -0.2) is 31.7 Å². The number of piperidine rings is 1. The molecular weight excluding hydrogens is 192 g/mol. The fraction of sp³-hybridized carbons (Fsp3) is 0.909. The van der Waals surface area contributed by atoms with Crippen molar-refractivity contribution in [3.05, 3.63) is 0 Å². The van der Waals surface area contributed by atoms with Crippen molar-refractivity contribution in [2.75, 3.05) is 19.8 Å². The predicted octanol–water partition coefficient (Wildman–Crippen LogP) is 0.266. The van der Waals surface area contributed by atoms with Crippen LogP contribution in [0.4, 0.5) is 0 Å². The molecule has 0 spiro atoms. The summed E-state index contributed by atoms with van der Waals surface area (Å²) in [6.45, 7) is 2.68. The van der Waals surface area contributed by atoms with Crippen molar-refractivity contribution in [2.45, 2.75) is 31.7 Å². The highest BCUT2D eigenvalue weighted by atomic mass is 16.5. The maximum absolute atomic E-state index is 11.4. The van der Waals surface area contributed by atoms with E-state index >= 15 is 0 Å². The molecular formula is C11H20N2O2. The lowest BCUT2D eigenvalue weighted by Gasteiger charge is -2.38. The molecule has 4 heteroatoms. The van der Waals surface area contributed by atoms with Crippen LogP contribution in [0, 0.1) is 11.8 Å². The van der Waals surface area contributed by atoms with Crippen molar-refractivity contribution in [3.63, 3.8) is 0 Å². The van der Waals surface area contributed by atoms with Crippen molar-refractivity contribution in [2.24, 2.45) is 17.6 Å². The predicted molar refractivity (Wildman–Crippen MR) is 57.3 cm³/mol. The van der Waals surface area contributed by atoms with Crippen LogP contribution < -0.4 is 11.1 Å². The minimum Gasteiger partial charge on any atom is -0.381 e. The highest BCUT2D eigenvalue weighted by Gasteiger charge is 2.35. The van der Waals surface area contributed by atoms with Crippen LogP contribution in [0.2, 0.25) is 0 Å². The lowest BCUT2D eigenvalue weighted by molar-refractivity contribution is -0.124. The van der Waals surface area contributed by atoms with Gasteiger partial charge >= 0.3 is 0 Å². The highest BCUT2D eigenvalue weighted by Crippen LogP contribution is 2.28. The number of hydrogen-bond acceptors (Lipinski definition) is 3. The van der Waals surface area contributed by atoms with Crippen LogP contribution in [0.1, 0.15) is 25.7 Å². The SMILES string of the molecule is NC(=O)C1CCCNC1C1CCOCC1. The number of hydrogen-bond donors (Lipinski definition) is 2. The second-order valence-electron chi connectivity index (χ2n) is 4.58. The number of ether oxygens (including phenoxy) is 1. The number of carbonyl (C=O) groups is 1. The molecule has 0 radical (unpaired) electrons. The topological polar surface area (TPSA) is 64.4 Å². The minimum atomic E-state index is -0.140. The van der Waals surface area contributed by atoms with Crippen LogP contribution in [0.25, 0.3) is 0 Å². The number of nitrogens with one attached hydrogen (secondary N) is 1. The molecule has 0 bridgehead atoms. The molecule has 2 aliphatic rings. The molecule has 2 aliphatic heterocycles. The summed E-state index contributed by atoms with van der Waals surface area (Å²) in [5.41, 5.74) is 5.45. The third-order valence-corrected chi connectivity index (χ3v) is 3.64. The van der Waals surface area contributed by atoms with E-state index in [9.17, 15) is 4.79 Å². The van der Waals surface area contributed by atoms with Crippen molar-refractivity contribution < 1.29 is 9.53 Å². The Hall–Kier alpha value is -0.610. The van der Waals surface area contributed by atoms with Gasteiger partial charge in [-0.15, -0.1) is 0 Å². The first-order valence-corrected chi connectivity index (χ1v) is 5.89. The maximum Gasteiger partial charge on any atom is 0.222 e. The van der Waals surface area contributed by atoms with E-state index < -0.39 is 0 Å². The maximum atomic E-state index is 11.4. The van der Waals surface area contributed by atoms with Gasteiger partial charge in [-0.2, -0.15) is 0 Å². The van der Waals surface area contributed by atoms with E-state index in [4.69, 9.17) is 10.5 Å². The van der Waals surface area contributed by atoms with Gasteiger partial charge in [0.2, 0.25) is 5.91 Å². The second-order valence-corrected chi connectivity index (χ2v) is 4.58. The zero-order valence-corrected chi connectivity index (χ0v) is 9.08. The largest absolute Gasteiger partial charge is 0.381 e. The normalized spacial score (nSPS) is 33.9. The second kappa shape index (κ2) is 4.94. The Labute approximate surface area is 90.5 Å². The smallest absolute Gasteiger partial charge is 0.222 e. The standard InChI is InChI=1S/C11H20N2O2/c12-11(14)9-2-1-5-13-10(9)8-3-6-15-7-4-8/h8-10,13H,1-7H2,(H2,12,14). The first-order valence-electron chi connectivity index (χ1n) is 5.89. The van der Waals surface area contributed by atoms with Crippen molar-refractivity contribution >= 4 is 5.91 Å². The van der Waals surface area contributed by atoms with Gasteiger partial charge in [0.1, 0.15) is 0 Å². The Morgan fingerprint density at radius 3 is 2.67 bits per heavy atom. The third kappa shape index (κ3) is 2.49. The van der Waals surface area contributed by atoms with Crippen LogP contribution in [0.3, 0.4) is 0 Å². The summed E-state index contributed by atoms with van der Waals surface area (Å²) in [4.78, 5) is 11.4. The Kier molecular flexibility index (Phi) is 3.59. The molecule has 15 heavy (non-hydrogen) atoms. The number of rotatable bonds is 2. The van der Waals surface area contributed by atoms with Crippen LogP contribution in [0.5, 0.6) is 0 Å². The van der Waals surface area contributed by atoms with E-state index in [1.807, 2.05) is 0 Å². The summed E-state index contributed by atoms with van der Waals surface area (Å²) in [5, 5.41) is 3.46. The molecule has 86 valence electrons. The van der Waals surface area contributed by atoms with Gasteiger partial charge in [-0.05, 0) is 38.1 Å². The zero-order chi connectivity index (χ0) is 10.7. The van der Waals surface area contributed by atoms with E-state index in [2.05, 4.69) is 5.32 Å². The van der Waals surface area contributed by atoms with Gasteiger partial charge in [0.25, 0.3) is 0 Å². The summed E-state index contributed by atoms with van der Waals surface area (Å²) in [5.74, 6) is 0.456. The molecule has 2 fully saturated rings. The third-order valence-electron chi connectivity index (χ3n) is 3.64. The lowest BCUT2D eigenvalue weighted by Crippen LogP contribution is -2.51. The van der Waals surface area contributed by atoms with E-state index in [0.717, 1.165) is 45.4 Å². The molecule has 0 saturated carbocycles. The number of carbonyl (C=O) groups excluding carboxylic acids is 1. The van der Waals surface area contributed by atoms with E-state index in [-0.39, 0.29) is 11.8 Å². The molecule has 4 nitrogen and oxygen atoms in total. The molecule has 2 saturated heterocycles. The molecule has 2 unspecified atom stereocenters. The highest BCUT2D eigenvalue weighted by molar-refractivity contribution is 5.77.